The lowest BCUT2D eigenvalue weighted by Crippen LogP contribution is -2.17. The summed E-state index contributed by atoms with van der Waals surface area (Å²) in [4.78, 5) is 13.8. The van der Waals surface area contributed by atoms with Gasteiger partial charge in [0, 0.05) is 16.1 Å². The molecule has 0 unspecified atom stereocenters. The van der Waals surface area contributed by atoms with Crippen LogP contribution in [0.1, 0.15) is 21.5 Å². The lowest BCUT2D eigenvalue weighted by molar-refractivity contribution is 0.102. The Morgan fingerprint density at radius 1 is 0.931 bits per heavy atom. The van der Waals surface area contributed by atoms with Crippen molar-refractivity contribution in [2.75, 3.05) is 16.3 Å². The Balaban J connectivity index is 1.90. The lowest BCUT2D eigenvalue weighted by Gasteiger charge is -2.13. The van der Waals surface area contributed by atoms with E-state index in [-0.39, 0.29) is 10.8 Å². The summed E-state index contributed by atoms with van der Waals surface area (Å²) in [7, 11) is -3.82. The molecule has 0 aromatic heterocycles. The molecule has 0 saturated carbocycles. The summed E-state index contributed by atoms with van der Waals surface area (Å²) in [5.41, 5.74) is 3.12. The van der Waals surface area contributed by atoms with E-state index < -0.39 is 10.0 Å². The molecule has 0 atom stereocenters. The zero-order valence-electron chi connectivity index (χ0n) is 16.4. The highest BCUT2D eigenvalue weighted by Gasteiger charge is 2.19. The van der Waals surface area contributed by atoms with Crippen LogP contribution in [0.25, 0.3) is 0 Å². The van der Waals surface area contributed by atoms with E-state index in [1.807, 2.05) is 43.5 Å². The Morgan fingerprint density at radius 2 is 1.69 bits per heavy atom. The quantitative estimate of drug-likeness (QED) is 0.539. The average molecular weight is 427 g/mol. The van der Waals surface area contributed by atoms with E-state index in [4.69, 9.17) is 0 Å². The Labute approximate surface area is 175 Å². The van der Waals surface area contributed by atoms with Gasteiger partial charge in [-0.25, -0.2) is 8.42 Å². The fourth-order valence-corrected chi connectivity index (χ4v) is 4.50. The summed E-state index contributed by atoms with van der Waals surface area (Å²) >= 11 is 1.53. The maximum atomic E-state index is 12.8. The summed E-state index contributed by atoms with van der Waals surface area (Å²) in [6.45, 7) is 3.66. The van der Waals surface area contributed by atoms with Crippen molar-refractivity contribution >= 4 is 39.1 Å². The number of nitrogens with one attached hydrogen (secondary N) is 2. The Morgan fingerprint density at radius 3 is 2.41 bits per heavy atom. The number of para-hydroxylation sites is 1. The van der Waals surface area contributed by atoms with Gasteiger partial charge < -0.3 is 5.32 Å². The molecule has 0 heterocycles. The molecular formula is C22H22N2O3S2. The van der Waals surface area contributed by atoms with Crippen molar-refractivity contribution in [2.45, 2.75) is 23.6 Å². The molecule has 3 rings (SSSR count). The Bertz CT molecular complexity index is 1160. The maximum Gasteiger partial charge on any atom is 0.261 e. The molecule has 0 bridgehead atoms. The maximum absolute atomic E-state index is 12.8. The first-order chi connectivity index (χ1) is 13.8. The van der Waals surface area contributed by atoms with E-state index in [0.29, 0.717) is 22.5 Å². The second-order valence-corrected chi connectivity index (χ2v) is 9.14. The third-order valence-electron chi connectivity index (χ3n) is 4.39. The van der Waals surface area contributed by atoms with Crippen LogP contribution in [0, 0.1) is 13.8 Å². The number of anilines is 2. The standard InChI is InChI=1S/C22H22N2O3S2/c1-15-7-6-8-17(13-15)24-29(26,27)18-12-11-16(2)19(14-18)22(25)23-20-9-4-5-10-21(20)28-3/h4-14,24H,1-3H3,(H,23,25). The van der Waals surface area contributed by atoms with E-state index >= 15 is 0 Å². The fraction of sp³-hybridized carbons (Fsp3) is 0.136. The van der Waals surface area contributed by atoms with Gasteiger partial charge in [0.25, 0.3) is 15.9 Å². The molecule has 150 valence electrons. The molecule has 7 heteroatoms. The number of hydrogen-bond acceptors (Lipinski definition) is 4. The van der Waals surface area contributed by atoms with Gasteiger partial charge in [0.2, 0.25) is 0 Å². The van der Waals surface area contributed by atoms with Crippen molar-refractivity contribution in [1.82, 2.24) is 0 Å². The summed E-state index contributed by atoms with van der Waals surface area (Å²) in [6.07, 6.45) is 1.93. The molecule has 2 N–H and O–H groups in total. The highest BCUT2D eigenvalue weighted by molar-refractivity contribution is 7.98. The van der Waals surface area contributed by atoms with E-state index in [2.05, 4.69) is 10.0 Å². The van der Waals surface area contributed by atoms with Crippen LogP contribution in [0.5, 0.6) is 0 Å². The van der Waals surface area contributed by atoms with Crippen LogP contribution in [0.15, 0.2) is 76.5 Å². The van der Waals surface area contributed by atoms with Crippen LogP contribution in [0.2, 0.25) is 0 Å². The molecule has 0 aliphatic rings. The van der Waals surface area contributed by atoms with Crippen LogP contribution in [-0.2, 0) is 10.0 Å². The largest absolute Gasteiger partial charge is 0.321 e. The third-order valence-corrected chi connectivity index (χ3v) is 6.56. The lowest BCUT2D eigenvalue weighted by atomic mass is 10.1. The molecule has 0 fully saturated rings. The van der Waals surface area contributed by atoms with E-state index in [9.17, 15) is 13.2 Å². The zero-order valence-corrected chi connectivity index (χ0v) is 18.0. The monoisotopic (exact) mass is 426 g/mol. The van der Waals surface area contributed by atoms with Gasteiger partial charge >= 0.3 is 0 Å². The molecule has 0 aliphatic heterocycles. The second-order valence-electron chi connectivity index (χ2n) is 6.61. The van der Waals surface area contributed by atoms with E-state index in [1.165, 1.54) is 23.9 Å². The van der Waals surface area contributed by atoms with Gasteiger partial charge in [-0.15, -0.1) is 11.8 Å². The summed E-state index contributed by atoms with van der Waals surface area (Å²) in [6, 6.07) is 19.1. The first-order valence-electron chi connectivity index (χ1n) is 8.94. The minimum absolute atomic E-state index is 0.0351. The van der Waals surface area contributed by atoms with E-state index in [0.717, 1.165) is 10.5 Å². The molecule has 29 heavy (non-hydrogen) atoms. The zero-order chi connectivity index (χ0) is 21.0. The van der Waals surface area contributed by atoms with Crippen LogP contribution in [0.3, 0.4) is 0 Å². The highest BCUT2D eigenvalue weighted by Crippen LogP contribution is 2.26. The smallest absolute Gasteiger partial charge is 0.261 e. The first-order valence-corrected chi connectivity index (χ1v) is 11.7. The molecular weight excluding hydrogens is 404 g/mol. The topological polar surface area (TPSA) is 75.3 Å². The number of amides is 1. The predicted molar refractivity (Wildman–Crippen MR) is 119 cm³/mol. The van der Waals surface area contributed by atoms with Crippen molar-refractivity contribution in [3.05, 3.63) is 83.4 Å². The first kappa shape index (κ1) is 21.0. The number of benzene rings is 3. The fourth-order valence-electron chi connectivity index (χ4n) is 2.87. The molecule has 1 amide bonds. The Kier molecular flexibility index (Phi) is 6.30. The molecule has 0 spiro atoms. The van der Waals surface area contributed by atoms with Gasteiger partial charge in [-0.2, -0.15) is 0 Å². The number of carbonyl (C=O) groups is 1. The van der Waals surface area contributed by atoms with Crippen LogP contribution >= 0.6 is 11.8 Å². The van der Waals surface area contributed by atoms with Gasteiger partial charge in [0.15, 0.2) is 0 Å². The van der Waals surface area contributed by atoms with Gasteiger partial charge in [-0.1, -0.05) is 30.3 Å². The molecule has 3 aromatic carbocycles. The number of aryl methyl sites for hydroxylation is 2. The predicted octanol–water partition coefficient (Wildman–Crippen LogP) is 5.08. The average Bonchev–Trinajstić information content (AvgIpc) is 2.68. The minimum atomic E-state index is -3.82. The van der Waals surface area contributed by atoms with Crippen molar-refractivity contribution in [2.24, 2.45) is 0 Å². The van der Waals surface area contributed by atoms with Crippen LogP contribution in [0.4, 0.5) is 11.4 Å². The number of hydrogen-bond donors (Lipinski definition) is 2. The number of thioether (sulfide) groups is 1. The second kappa shape index (κ2) is 8.71. The van der Waals surface area contributed by atoms with Gasteiger partial charge in [-0.3, -0.25) is 9.52 Å². The van der Waals surface area contributed by atoms with Crippen molar-refractivity contribution in [1.29, 1.82) is 0 Å². The normalized spacial score (nSPS) is 11.1. The SMILES string of the molecule is CSc1ccccc1NC(=O)c1cc(S(=O)(=O)Nc2cccc(C)c2)ccc1C. The van der Waals surface area contributed by atoms with Crippen molar-refractivity contribution in [3.8, 4) is 0 Å². The number of rotatable bonds is 6. The molecule has 0 radical (unpaired) electrons. The molecule has 3 aromatic rings. The minimum Gasteiger partial charge on any atom is -0.321 e. The molecule has 0 aliphatic carbocycles. The molecule has 0 saturated heterocycles. The number of carbonyl (C=O) groups excluding carboxylic acids is 1. The highest BCUT2D eigenvalue weighted by atomic mass is 32.2. The number of sulfonamides is 1. The summed E-state index contributed by atoms with van der Waals surface area (Å²) in [5, 5.41) is 2.88. The summed E-state index contributed by atoms with van der Waals surface area (Å²) in [5.74, 6) is -0.350. The van der Waals surface area contributed by atoms with Crippen LogP contribution in [-0.4, -0.2) is 20.6 Å². The Hall–Kier alpha value is -2.77. The summed E-state index contributed by atoms with van der Waals surface area (Å²) < 4.78 is 28.2. The van der Waals surface area contributed by atoms with Gasteiger partial charge in [0.1, 0.15) is 0 Å². The van der Waals surface area contributed by atoms with Crippen molar-refractivity contribution < 1.29 is 13.2 Å². The van der Waals surface area contributed by atoms with Crippen LogP contribution < -0.4 is 10.0 Å². The van der Waals surface area contributed by atoms with E-state index in [1.54, 1.807) is 31.2 Å². The van der Waals surface area contributed by atoms with Gasteiger partial charge in [-0.05, 0) is 67.6 Å². The molecule has 5 nitrogen and oxygen atoms in total. The van der Waals surface area contributed by atoms with Gasteiger partial charge in [0.05, 0.1) is 10.6 Å². The van der Waals surface area contributed by atoms with Crippen molar-refractivity contribution in [3.63, 3.8) is 0 Å². The third kappa shape index (κ3) is 4.99.